The Morgan fingerprint density at radius 3 is 2.16 bits per heavy atom. The normalized spacial score (nSPS) is 15.2. The van der Waals surface area contributed by atoms with E-state index < -0.39 is 12.0 Å². The van der Waals surface area contributed by atoms with Gasteiger partial charge in [0.25, 0.3) is 0 Å². The summed E-state index contributed by atoms with van der Waals surface area (Å²) >= 11 is 0. The number of rotatable bonds is 6. The monoisotopic (exact) mass is 348 g/mol. The number of amides is 1. The van der Waals surface area contributed by atoms with E-state index in [1.807, 2.05) is 20.8 Å². The number of nitrogens with zero attached hydrogens (tertiary/aromatic N) is 2. The van der Waals surface area contributed by atoms with Crippen molar-refractivity contribution in [3.8, 4) is 0 Å². The molecule has 1 unspecified atom stereocenters. The third kappa shape index (κ3) is 3.34. The highest BCUT2D eigenvalue weighted by Crippen LogP contribution is 2.32. The van der Waals surface area contributed by atoms with Crippen LogP contribution in [0.25, 0.3) is 0 Å². The lowest BCUT2D eigenvalue weighted by Gasteiger charge is -2.30. The fourth-order valence-electron chi connectivity index (χ4n) is 3.40. The van der Waals surface area contributed by atoms with Gasteiger partial charge in [0.05, 0.1) is 13.2 Å². The number of hydrogen-bond donors (Lipinski definition) is 0. The topological polar surface area (TPSA) is 68.6 Å². The first-order valence-corrected chi connectivity index (χ1v) is 8.74. The average molecular weight is 348 g/mol. The molecule has 0 aliphatic heterocycles. The van der Waals surface area contributed by atoms with Crippen molar-refractivity contribution in [3.63, 3.8) is 0 Å². The standard InChI is InChI=1S/C19H28N2O4/c1-10(2)18(23)21(14-8-9-14)13(5)17(22)15-11(3)16(19(24)25-7)20(6)12(15)4/h10,13-14H,8-9H2,1-7H3. The molecule has 0 bridgehead atoms. The molecule has 0 radical (unpaired) electrons. The maximum Gasteiger partial charge on any atom is 0.354 e. The van der Waals surface area contributed by atoms with Gasteiger partial charge in [0, 0.05) is 30.3 Å². The third-order valence-electron chi connectivity index (χ3n) is 5.04. The van der Waals surface area contributed by atoms with Gasteiger partial charge in [-0.1, -0.05) is 13.8 Å². The smallest absolute Gasteiger partial charge is 0.354 e. The minimum atomic E-state index is -0.548. The van der Waals surface area contributed by atoms with Crippen molar-refractivity contribution in [1.82, 2.24) is 9.47 Å². The lowest BCUT2D eigenvalue weighted by molar-refractivity contribution is -0.136. The number of carbonyl (C=O) groups excluding carboxylic acids is 3. The third-order valence-corrected chi connectivity index (χ3v) is 5.04. The summed E-state index contributed by atoms with van der Waals surface area (Å²) in [4.78, 5) is 39.6. The molecule has 1 aromatic rings. The maximum atomic E-state index is 13.2. The second kappa shape index (κ2) is 7.02. The number of methoxy groups -OCH3 is 1. The van der Waals surface area contributed by atoms with Gasteiger partial charge < -0.3 is 14.2 Å². The molecule has 0 aromatic carbocycles. The van der Waals surface area contributed by atoms with Gasteiger partial charge in [0.2, 0.25) is 5.91 Å². The fourth-order valence-corrected chi connectivity index (χ4v) is 3.40. The maximum absolute atomic E-state index is 13.2. The van der Waals surface area contributed by atoms with E-state index in [0.717, 1.165) is 12.8 Å². The quantitative estimate of drug-likeness (QED) is 0.585. The van der Waals surface area contributed by atoms with Crippen LogP contribution in [0.15, 0.2) is 0 Å². The van der Waals surface area contributed by atoms with Gasteiger partial charge in [-0.05, 0) is 39.2 Å². The lowest BCUT2D eigenvalue weighted by Crippen LogP contribution is -2.46. The Morgan fingerprint density at radius 1 is 1.16 bits per heavy atom. The van der Waals surface area contributed by atoms with Gasteiger partial charge in [0.1, 0.15) is 5.69 Å². The van der Waals surface area contributed by atoms with E-state index in [0.29, 0.717) is 22.5 Å². The fraction of sp³-hybridized carbons (Fsp3) is 0.632. The number of esters is 1. The van der Waals surface area contributed by atoms with Crippen molar-refractivity contribution < 1.29 is 19.1 Å². The van der Waals surface area contributed by atoms with Crippen molar-refractivity contribution in [3.05, 3.63) is 22.5 Å². The Morgan fingerprint density at radius 2 is 1.72 bits per heavy atom. The Kier molecular flexibility index (Phi) is 5.40. The second-order valence-electron chi connectivity index (χ2n) is 7.16. The summed E-state index contributed by atoms with van der Waals surface area (Å²) in [6.45, 7) is 9.05. The van der Waals surface area contributed by atoms with E-state index in [4.69, 9.17) is 4.74 Å². The van der Waals surface area contributed by atoms with Gasteiger partial charge in [-0.2, -0.15) is 0 Å². The van der Waals surface area contributed by atoms with E-state index in [1.54, 1.807) is 30.4 Å². The number of carbonyl (C=O) groups is 3. The molecule has 1 heterocycles. The van der Waals surface area contributed by atoms with Gasteiger partial charge in [0.15, 0.2) is 5.78 Å². The van der Waals surface area contributed by atoms with Crippen LogP contribution in [0.3, 0.4) is 0 Å². The zero-order valence-corrected chi connectivity index (χ0v) is 16.2. The van der Waals surface area contributed by atoms with E-state index >= 15 is 0 Å². The summed E-state index contributed by atoms with van der Waals surface area (Å²) in [5, 5.41) is 0. The molecule has 1 amide bonds. The van der Waals surface area contributed by atoms with Crippen LogP contribution < -0.4 is 0 Å². The number of Topliss-reactive ketones (excluding diaryl/α,β-unsaturated/α-hetero) is 1. The van der Waals surface area contributed by atoms with Crippen LogP contribution in [-0.2, 0) is 16.6 Å². The zero-order chi connectivity index (χ0) is 19.0. The minimum absolute atomic E-state index is 0.00257. The molecule has 2 rings (SSSR count). The average Bonchev–Trinajstić information content (AvgIpc) is 3.35. The molecule has 0 saturated heterocycles. The molecule has 25 heavy (non-hydrogen) atoms. The Labute approximate surface area is 149 Å². The highest BCUT2D eigenvalue weighted by atomic mass is 16.5. The molecule has 6 heteroatoms. The molecule has 0 spiro atoms. The predicted octanol–water partition coefficient (Wildman–Crippen LogP) is 2.65. The van der Waals surface area contributed by atoms with Crippen LogP contribution in [0.4, 0.5) is 0 Å². The molecule has 0 N–H and O–H groups in total. The highest BCUT2D eigenvalue weighted by molar-refractivity contribution is 6.06. The van der Waals surface area contributed by atoms with Crippen molar-refractivity contribution >= 4 is 17.7 Å². The van der Waals surface area contributed by atoms with Gasteiger partial charge in [-0.15, -0.1) is 0 Å². The SMILES string of the molecule is COC(=O)c1c(C)c(C(=O)C(C)N(C(=O)C(C)C)C2CC2)c(C)n1C. The van der Waals surface area contributed by atoms with E-state index in [1.165, 1.54) is 7.11 Å². The highest BCUT2D eigenvalue weighted by Gasteiger charge is 2.40. The van der Waals surface area contributed by atoms with Crippen molar-refractivity contribution in [1.29, 1.82) is 0 Å². The van der Waals surface area contributed by atoms with Gasteiger partial charge in [-0.25, -0.2) is 4.79 Å². The second-order valence-corrected chi connectivity index (χ2v) is 7.16. The van der Waals surface area contributed by atoms with Crippen molar-refractivity contribution in [2.24, 2.45) is 13.0 Å². The van der Waals surface area contributed by atoms with Crippen LogP contribution >= 0.6 is 0 Å². The van der Waals surface area contributed by atoms with Crippen LogP contribution in [0.2, 0.25) is 0 Å². The molecule has 1 aliphatic rings. The first kappa shape index (κ1) is 19.2. The predicted molar refractivity (Wildman–Crippen MR) is 94.7 cm³/mol. The number of aromatic nitrogens is 1. The number of ketones is 1. The van der Waals surface area contributed by atoms with Gasteiger partial charge >= 0.3 is 5.97 Å². The van der Waals surface area contributed by atoms with Crippen LogP contribution in [-0.4, -0.2) is 46.3 Å². The molecular weight excluding hydrogens is 320 g/mol. The molecule has 1 fully saturated rings. The molecule has 1 saturated carbocycles. The van der Waals surface area contributed by atoms with E-state index in [2.05, 4.69) is 0 Å². The summed E-state index contributed by atoms with van der Waals surface area (Å²) in [5.74, 6) is -0.740. The summed E-state index contributed by atoms with van der Waals surface area (Å²) < 4.78 is 6.52. The number of hydrogen-bond acceptors (Lipinski definition) is 4. The largest absolute Gasteiger partial charge is 0.464 e. The summed E-state index contributed by atoms with van der Waals surface area (Å²) in [5.41, 5.74) is 2.21. The summed E-state index contributed by atoms with van der Waals surface area (Å²) in [6, 6.07) is -0.397. The first-order valence-electron chi connectivity index (χ1n) is 8.74. The van der Waals surface area contributed by atoms with Crippen molar-refractivity contribution in [2.75, 3.05) is 7.11 Å². The molecule has 1 atom stereocenters. The first-order chi connectivity index (χ1) is 11.6. The minimum Gasteiger partial charge on any atom is -0.464 e. The van der Waals surface area contributed by atoms with E-state index in [9.17, 15) is 14.4 Å². The molecule has 138 valence electrons. The summed E-state index contributed by atoms with van der Waals surface area (Å²) in [6.07, 6.45) is 1.88. The van der Waals surface area contributed by atoms with E-state index in [-0.39, 0.29) is 23.7 Å². The van der Waals surface area contributed by atoms with Crippen LogP contribution in [0.5, 0.6) is 0 Å². The Balaban J connectivity index is 2.43. The Hall–Kier alpha value is -2.11. The zero-order valence-electron chi connectivity index (χ0n) is 16.2. The molecule has 1 aliphatic carbocycles. The molecular formula is C19H28N2O4. The Bertz CT molecular complexity index is 713. The van der Waals surface area contributed by atoms with Crippen molar-refractivity contribution in [2.45, 2.75) is 59.5 Å². The molecule has 6 nitrogen and oxygen atoms in total. The lowest BCUT2D eigenvalue weighted by atomic mass is 9.99. The van der Waals surface area contributed by atoms with Crippen LogP contribution in [0.1, 0.15) is 65.7 Å². The molecule has 1 aromatic heterocycles. The van der Waals surface area contributed by atoms with Crippen LogP contribution in [0, 0.1) is 19.8 Å². The van der Waals surface area contributed by atoms with Gasteiger partial charge in [-0.3, -0.25) is 9.59 Å². The number of ether oxygens (including phenoxy) is 1. The summed E-state index contributed by atoms with van der Waals surface area (Å²) in [7, 11) is 3.07.